The third-order valence-corrected chi connectivity index (χ3v) is 5.35. The van der Waals surface area contributed by atoms with Crippen LogP contribution < -0.4 is 14.8 Å². The summed E-state index contributed by atoms with van der Waals surface area (Å²) < 4.78 is 10.4. The quantitative estimate of drug-likeness (QED) is 0.338. The first-order valence-electron chi connectivity index (χ1n) is 8.72. The summed E-state index contributed by atoms with van der Waals surface area (Å²) in [4.78, 5) is 10.6. The highest BCUT2D eigenvalue weighted by molar-refractivity contribution is 7.17. The molecule has 28 heavy (non-hydrogen) atoms. The van der Waals surface area contributed by atoms with Crippen molar-refractivity contribution in [3.05, 3.63) is 52.9 Å². The van der Waals surface area contributed by atoms with Crippen molar-refractivity contribution >= 4 is 22.9 Å². The number of nitrogens with zero attached hydrogens (tertiary/aromatic N) is 3. The molecule has 0 unspecified atom stereocenters. The minimum atomic E-state index is 0.298. The summed E-state index contributed by atoms with van der Waals surface area (Å²) in [5, 5.41) is 15.5. The van der Waals surface area contributed by atoms with Crippen LogP contribution in [0.25, 0.3) is 10.6 Å². The van der Waals surface area contributed by atoms with Crippen LogP contribution in [0.5, 0.6) is 11.8 Å². The third kappa shape index (κ3) is 4.77. The molecule has 7 nitrogen and oxygen atoms in total. The Bertz CT molecular complexity index is 954. The number of aromatic nitrogens is 2. The molecule has 2 heterocycles. The zero-order valence-corrected chi connectivity index (χ0v) is 16.8. The maximum Gasteiger partial charge on any atom is 0.318 e. The van der Waals surface area contributed by atoms with Gasteiger partial charge in [0.1, 0.15) is 11.6 Å². The van der Waals surface area contributed by atoms with E-state index in [4.69, 9.17) is 14.7 Å². The van der Waals surface area contributed by atoms with Crippen LogP contribution in [0.15, 0.2) is 47.6 Å². The first-order chi connectivity index (χ1) is 13.6. The van der Waals surface area contributed by atoms with Crippen LogP contribution in [-0.4, -0.2) is 41.7 Å². The molecule has 0 saturated carbocycles. The van der Waals surface area contributed by atoms with Crippen LogP contribution >= 0.6 is 11.3 Å². The highest BCUT2D eigenvalue weighted by Crippen LogP contribution is 2.29. The van der Waals surface area contributed by atoms with Crippen LogP contribution in [0.1, 0.15) is 17.4 Å². The topological polar surface area (TPSA) is 88.9 Å². The Morgan fingerprint density at radius 1 is 1.11 bits per heavy atom. The fourth-order valence-corrected chi connectivity index (χ4v) is 3.49. The van der Waals surface area contributed by atoms with E-state index >= 15 is 0 Å². The molecule has 0 saturated heterocycles. The molecule has 0 radical (unpaired) electrons. The van der Waals surface area contributed by atoms with E-state index < -0.39 is 0 Å². The minimum Gasteiger partial charge on any atom is -0.497 e. The van der Waals surface area contributed by atoms with Crippen molar-refractivity contribution in [3.63, 3.8) is 0 Å². The summed E-state index contributed by atoms with van der Waals surface area (Å²) in [6, 6.07) is 14.0. The molecule has 146 valence electrons. The van der Waals surface area contributed by atoms with Crippen molar-refractivity contribution in [1.82, 2.24) is 9.97 Å². The predicted molar refractivity (Wildman–Crippen MR) is 111 cm³/mol. The molecule has 0 fully saturated rings. The molecule has 3 rings (SSSR count). The number of hydrogen-bond donors (Lipinski definition) is 2. The van der Waals surface area contributed by atoms with Crippen molar-refractivity contribution in [2.75, 3.05) is 26.1 Å². The van der Waals surface area contributed by atoms with Gasteiger partial charge in [0.25, 0.3) is 0 Å². The summed E-state index contributed by atoms with van der Waals surface area (Å²) in [6.07, 6.45) is 0.848. The van der Waals surface area contributed by atoms with Crippen LogP contribution in [0.4, 0.5) is 5.82 Å². The Hall–Kier alpha value is -3.13. The second kappa shape index (κ2) is 9.18. The molecule has 0 aliphatic heterocycles. The van der Waals surface area contributed by atoms with E-state index in [1.165, 1.54) is 16.9 Å². The number of thiophene rings is 1. The van der Waals surface area contributed by atoms with Gasteiger partial charge in [0.15, 0.2) is 0 Å². The molecule has 0 bridgehead atoms. The molecular formula is C20H22N4O3S. The Labute approximate surface area is 167 Å². The second-order valence-electron chi connectivity index (χ2n) is 6.00. The van der Waals surface area contributed by atoms with E-state index in [0.29, 0.717) is 17.5 Å². The zero-order chi connectivity index (χ0) is 19.9. The molecule has 1 aromatic carbocycles. The number of hydrogen-bond acceptors (Lipinski definition) is 8. The van der Waals surface area contributed by atoms with E-state index in [0.717, 1.165) is 34.2 Å². The SMILES string of the molecule is COc1ccc(CCNc2cc(-c3ccc(/C(C)=N/O)s3)nc(OC)n2)cc1. The standard InChI is InChI=1S/C20H22N4O3S/c1-13(24-25)17-8-9-18(28-17)16-12-19(23-20(22-16)27-3)21-11-10-14-4-6-15(26-2)7-5-14/h4-9,12,25H,10-11H2,1-3H3,(H,21,22,23)/b24-13+. The molecule has 2 N–H and O–H groups in total. The largest absolute Gasteiger partial charge is 0.497 e. The van der Waals surface area contributed by atoms with Crippen molar-refractivity contribution < 1.29 is 14.7 Å². The Balaban J connectivity index is 1.72. The number of ether oxygens (including phenoxy) is 2. The first kappa shape index (κ1) is 19.6. The van der Waals surface area contributed by atoms with Crippen molar-refractivity contribution in [3.8, 4) is 22.3 Å². The highest BCUT2D eigenvalue weighted by Gasteiger charge is 2.11. The normalized spacial score (nSPS) is 11.3. The molecule has 0 spiro atoms. The van der Waals surface area contributed by atoms with E-state index in [-0.39, 0.29) is 0 Å². The van der Waals surface area contributed by atoms with Gasteiger partial charge in [0.2, 0.25) is 0 Å². The lowest BCUT2D eigenvalue weighted by molar-refractivity contribution is 0.319. The first-order valence-corrected chi connectivity index (χ1v) is 9.53. The average Bonchev–Trinajstić information content (AvgIpc) is 3.24. The summed E-state index contributed by atoms with van der Waals surface area (Å²) in [6.45, 7) is 2.47. The molecule has 0 aliphatic rings. The second-order valence-corrected chi connectivity index (χ2v) is 7.08. The maximum absolute atomic E-state index is 8.95. The third-order valence-electron chi connectivity index (χ3n) is 4.13. The fourth-order valence-electron chi connectivity index (χ4n) is 2.58. The molecule has 2 aromatic heterocycles. The maximum atomic E-state index is 8.95. The van der Waals surface area contributed by atoms with Gasteiger partial charge >= 0.3 is 6.01 Å². The fraction of sp³-hybridized carbons (Fsp3) is 0.250. The molecular weight excluding hydrogens is 376 g/mol. The van der Waals surface area contributed by atoms with E-state index in [2.05, 4.69) is 20.4 Å². The van der Waals surface area contributed by atoms with Gasteiger partial charge in [-0.05, 0) is 43.2 Å². The van der Waals surface area contributed by atoms with Gasteiger partial charge in [-0.2, -0.15) is 9.97 Å². The number of benzene rings is 1. The lowest BCUT2D eigenvalue weighted by Gasteiger charge is -2.09. The van der Waals surface area contributed by atoms with Gasteiger partial charge in [-0.25, -0.2) is 0 Å². The Morgan fingerprint density at radius 3 is 2.57 bits per heavy atom. The summed E-state index contributed by atoms with van der Waals surface area (Å²) in [5.74, 6) is 1.54. The van der Waals surface area contributed by atoms with Crippen LogP contribution in [0.3, 0.4) is 0 Å². The zero-order valence-electron chi connectivity index (χ0n) is 16.0. The van der Waals surface area contributed by atoms with Crippen molar-refractivity contribution in [1.29, 1.82) is 0 Å². The summed E-state index contributed by atoms with van der Waals surface area (Å²) >= 11 is 1.49. The van der Waals surface area contributed by atoms with E-state index in [9.17, 15) is 0 Å². The van der Waals surface area contributed by atoms with Gasteiger partial charge in [0.05, 0.1) is 35.4 Å². The van der Waals surface area contributed by atoms with Crippen LogP contribution in [0, 0.1) is 0 Å². The predicted octanol–water partition coefficient (Wildman–Crippen LogP) is 4.08. The molecule has 0 amide bonds. The average molecular weight is 398 g/mol. The monoisotopic (exact) mass is 398 g/mol. The van der Waals surface area contributed by atoms with Gasteiger partial charge in [0, 0.05) is 12.6 Å². The van der Waals surface area contributed by atoms with Gasteiger partial charge in [-0.1, -0.05) is 17.3 Å². The smallest absolute Gasteiger partial charge is 0.318 e. The molecule has 0 atom stereocenters. The number of methoxy groups -OCH3 is 2. The molecule has 0 aliphatic carbocycles. The van der Waals surface area contributed by atoms with Gasteiger partial charge in [-0.3, -0.25) is 0 Å². The van der Waals surface area contributed by atoms with E-state index in [1.54, 1.807) is 21.1 Å². The Morgan fingerprint density at radius 2 is 1.89 bits per heavy atom. The highest BCUT2D eigenvalue weighted by atomic mass is 32.1. The Kier molecular flexibility index (Phi) is 6.44. The van der Waals surface area contributed by atoms with Crippen molar-refractivity contribution in [2.45, 2.75) is 13.3 Å². The lowest BCUT2D eigenvalue weighted by Crippen LogP contribution is -2.07. The molecule has 3 aromatic rings. The minimum absolute atomic E-state index is 0.298. The number of nitrogens with one attached hydrogen (secondary N) is 1. The molecule has 8 heteroatoms. The summed E-state index contributed by atoms with van der Waals surface area (Å²) in [7, 11) is 3.20. The number of anilines is 1. The van der Waals surface area contributed by atoms with Gasteiger partial charge < -0.3 is 20.0 Å². The number of rotatable bonds is 8. The van der Waals surface area contributed by atoms with Crippen LogP contribution in [0.2, 0.25) is 0 Å². The number of oxime groups is 1. The summed E-state index contributed by atoms with van der Waals surface area (Å²) in [5.41, 5.74) is 2.52. The van der Waals surface area contributed by atoms with Crippen molar-refractivity contribution in [2.24, 2.45) is 5.16 Å². The lowest BCUT2D eigenvalue weighted by atomic mass is 10.1. The van der Waals surface area contributed by atoms with Gasteiger partial charge in [-0.15, -0.1) is 11.3 Å². The van der Waals surface area contributed by atoms with Crippen LogP contribution in [-0.2, 0) is 6.42 Å². The van der Waals surface area contributed by atoms with E-state index in [1.807, 2.05) is 42.5 Å².